The van der Waals surface area contributed by atoms with Crippen molar-refractivity contribution in [2.45, 2.75) is 0 Å². The Hall–Kier alpha value is 1.24. The molecule has 0 aromatic rings. The summed E-state index contributed by atoms with van der Waals surface area (Å²) in [5, 5.41) is 24.9. The van der Waals surface area contributed by atoms with Crippen LogP contribution in [0, 0.1) is 0 Å². The quantitative estimate of drug-likeness (QED) is 0.389. The molecule has 17 heavy (non-hydrogen) atoms. The normalized spacial score (nSPS) is 9.88. The lowest BCUT2D eigenvalue weighted by atomic mass is 10.9. The van der Waals surface area contributed by atoms with Crippen LogP contribution >= 0.6 is 43.2 Å². The molecule has 0 heterocycles. The molecule has 3 N–H and O–H groups in total. The van der Waals surface area contributed by atoms with E-state index in [9.17, 15) is 0 Å². The fraction of sp³-hybridized carbons (Fsp3) is 1.00. The van der Waals surface area contributed by atoms with Crippen molar-refractivity contribution in [3.63, 3.8) is 0 Å². The number of aliphatic hydroxyl groups excluding tert-OH is 3. The van der Waals surface area contributed by atoms with E-state index in [-0.39, 0.29) is 19.8 Å². The lowest BCUT2D eigenvalue weighted by molar-refractivity contribution is 0.219. The van der Waals surface area contributed by atoms with Crippen LogP contribution in [0.15, 0.2) is 0 Å². The van der Waals surface area contributed by atoms with E-state index in [2.05, 4.69) is 0 Å². The number of methoxy groups -OCH3 is 1. The molecule has 0 saturated heterocycles. The van der Waals surface area contributed by atoms with Gasteiger partial charge >= 0.3 is 0 Å². The van der Waals surface area contributed by atoms with E-state index in [4.69, 9.17) is 20.1 Å². The molecule has 0 amide bonds. The molecule has 106 valence electrons. The summed E-state index contributed by atoms with van der Waals surface area (Å²) < 4.78 is 4.83. The number of aliphatic hydroxyl groups is 3. The molecule has 0 aliphatic carbocycles. The molecule has 0 atom stereocenters. The van der Waals surface area contributed by atoms with Crippen LogP contribution in [0.25, 0.3) is 0 Å². The standard InChI is InChI=1S/C5H12O2S2.C4H10O2S2/c1-7-3-5-9-8-4-2-6;5-1-3-7-8-4-2-6/h6H,2-5H2,1H3;5-6H,1-4H2. The predicted molar refractivity (Wildman–Crippen MR) is 83.0 cm³/mol. The molecule has 0 saturated carbocycles. The smallest absolute Gasteiger partial charge is 0.0561 e. The first-order chi connectivity index (χ1) is 8.33. The van der Waals surface area contributed by atoms with Crippen molar-refractivity contribution >= 4 is 43.2 Å². The van der Waals surface area contributed by atoms with E-state index in [0.29, 0.717) is 0 Å². The lowest BCUT2D eigenvalue weighted by Crippen LogP contribution is -1.90. The van der Waals surface area contributed by atoms with E-state index in [0.717, 1.165) is 29.6 Å². The van der Waals surface area contributed by atoms with Gasteiger partial charge in [0.15, 0.2) is 0 Å². The zero-order valence-corrected chi connectivity index (χ0v) is 13.3. The van der Waals surface area contributed by atoms with Gasteiger partial charge in [0.2, 0.25) is 0 Å². The average Bonchev–Trinajstić information content (AvgIpc) is 2.36. The van der Waals surface area contributed by atoms with E-state index in [1.54, 1.807) is 50.3 Å². The molecule has 0 aromatic carbocycles. The van der Waals surface area contributed by atoms with Crippen molar-refractivity contribution in [3.8, 4) is 0 Å². The monoisotopic (exact) mass is 322 g/mol. The molecule has 0 rings (SSSR count). The summed E-state index contributed by atoms with van der Waals surface area (Å²) in [6, 6.07) is 0. The highest BCUT2D eigenvalue weighted by molar-refractivity contribution is 8.77. The van der Waals surface area contributed by atoms with Gasteiger partial charge in [-0.05, 0) is 0 Å². The van der Waals surface area contributed by atoms with Gasteiger partial charge in [-0.2, -0.15) is 0 Å². The van der Waals surface area contributed by atoms with E-state index >= 15 is 0 Å². The number of hydrogen-bond donors (Lipinski definition) is 3. The molecule has 0 radical (unpaired) electrons. The highest BCUT2D eigenvalue weighted by atomic mass is 33.1. The Morgan fingerprint density at radius 2 is 1.06 bits per heavy atom. The number of rotatable bonds is 11. The predicted octanol–water partition coefficient (Wildman–Crippen LogP) is 1.36. The third-order valence-corrected chi connectivity index (χ3v) is 5.78. The minimum atomic E-state index is 0.225. The van der Waals surface area contributed by atoms with E-state index < -0.39 is 0 Å². The van der Waals surface area contributed by atoms with Gasteiger partial charge in [0, 0.05) is 30.1 Å². The van der Waals surface area contributed by atoms with Gasteiger partial charge < -0.3 is 20.1 Å². The zero-order chi connectivity index (χ0) is 13.2. The highest BCUT2D eigenvalue weighted by Gasteiger charge is 1.87. The molecule has 0 aliphatic heterocycles. The fourth-order valence-electron chi connectivity index (χ4n) is 0.465. The Bertz CT molecular complexity index is 109. The van der Waals surface area contributed by atoms with Gasteiger partial charge in [0.1, 0.15) is 0 Å². The van der Waals surface area contributed by atoms with Crippen LogP contribution in [0.4, 0.5) is 0 Å². The average molecular weight is 323 g/mol. The first-order valence-corrected chi connectivity index (χ1v) is 10.1. The molecule has 0 aliphatic rings. The van der Waals surface area contributed by atoms with Crippen LogP contribution in [0.3, 0.4) is 0 Å². The van der Waals surface area contributed by atoms with Crippen LogP contribution in [-0.2, 0) is 4.74 Å². The van der Waals surface area contributed by atoms with Crippen LogP contribution in [0.1, 0.15) is 0 Å². The van der Waals surface area contributed by atoms with Gasteiger partial charge in [-0.25, -0.2) is 0 Å². The molecule has 0 unspecified atom stereocenters. The highest BCUT2D eigenvalue weighted by Crippen LogP contribution is 2.19. The summed E-state index contributed by atoms with van der Waals surface area (Å²) in [4.78, 5) is 0. The fourth-order valence-corrected chi connectivity index (χ4v) is 3.68. The SMILES string of the molecule is COCCSSCCO.OCCSSCCO. The van der Waals surface area contributed by atoms with Gasteiger partial charge in [0.05, 0.1) is 26.4 Å². The van der Waals surface area contributed by atoms with Crippen molar-refractivity contribution in [3.05, 3.63) is 0 Å². The maximum atomic E-state index is 8.36. The van der Waals surface area contributed by atoms with Gasteiger partial charge in [0.25, 0.3) is 0 Å². The van der Waals surface area contributed by atoms with Crippen molar-refractivity contribution in [1.82, 2.24) is 0 Å². The Kier molecular flexibility index (Phi) is 27.1. The van der Waals surface area contributed by atoms with Crippen molar-refractivity contribution in [2.24, 2.45) is 0 Å². The second-order valence-electron chi connectivity index (χ2n) is 2.45. The van der Waals surface area contributed by atoms with Crippen molar-refractivity contribution in [1.29, 1.82) is 0 Å². The van der Waals surface area contributed by atoms with Crippen LogP contribution in [0.5, 0.6) is 0 Å². The third kappa shape index (κ3) is 26.7. The summed E-state index contributed by atoms with van der Waals surface area (Å²) in [6.07, 6.45) is 0. The molecular weight excluding hydrogens is 300 g/mol. The molecule has 0 spiro atoms. The van der Waals surface area contributed by atoms with E-state index in [1.165, 1.54) is 0 Å². The molecule has 8 heteroatoms. The Morgan fingerprint density at radius 1 is 0.706 bits per heavy atom. The number of hydrogen-bond acceptors (Lipinski definition) is 8. The largest absolute Gasteiger partial charge is 0.395 e. The molecule has 0 aromatic heterocycles. The summed E-state index contributed by atoms with van der Waals surface area (Å²) in [5.74, 6) is 3.32. The Balaban J connectivity index is 0. The van der Waals surface area contributed by atoms with Crippen molar-refractivity contribution in [2.75, 3.05) is 56.5 Å². The first-order valence-electron chi connectivity index (χ1n) is 5.13. The Morgan fingerprint density at radius 3 is 1.35 bits per heavy atom. The molecule has 0 fully saturated rings. The molecule has 4 nitrogen and oxygen atoms in total. The van der Waals surface area contributed by atoms with E-state index in [1.807, 2.05) is 0 Å². The lowest BCUT2D eigenvalue weighted by Gasteiger charge is -1.96. The van der Waals surface area contributed by atoms with Gasteiger partial charge in [-0.1, -0.05) is 43.2 Å². The summed E-state index contributed by atoms with van der Waals surface area (Å²) in [5.41, 5.74) is 0. The third-order valence-electron chi connectivity index (χ3n) is 1.06. The maximum absolute atomic E-state index is 8.36. The maximum Gasteiger partial charge on any atom is 0.0561 e. The Labute approximate surface area is 119 Å². The van der Waals surface area contributed by atoms with Gasteiger partial charge in [-0.15, -0.1) is 0 Å². The topological polar surface area (TPSA) is 69.9 Å². The minimum absolute atomic E-state index is 0.225. The summed E-state index contributed by atoms with van der Waals surface area (Å²) in [6.45, 7) is 1.51. The molecule has 0 bridgehead atoms. The summed E-state index contributed by atoms with van der Waals surface area (Å²) in [7, 11) is 8.27. The van der Waals surface area contributed by atoms with Crippen LogP contribution in [-0.4, -0.2) is 71.9 Å². The minimum Gasteiger partial charge on any atom is -0.395 e. The number of ether oxygens (including phenoxy) is 1. The van der Waals surface area contributed by atoms with Crippen LogP contribution < -0.4 is 0 Å². The summed E-state index contributed by atoms with van der Waals surface area (Å²) >= 11 is 0. The molecular formula is C9H22O4S4. The first kappa shape index (κ1) is 20.6. The van der Waals surface area contributed by atoms with Gasteiger partial charge in [-0.3, -0.25) is 0 Å². The van der Waals surface area contributed by atoms with Crippen molar-refractivity contribution < 1.29 is 20.1 Å². The second kappa shape index (κ2) is 22.4. The second-order valence-corrected chi connectivity index (χ2v) is 7.86. The van der Waals surface area contributed by atoms with Crippen LogP contribution in [0.2, 0.25) is 0 Å². The zero-order valence-electron chi connectivity index (χ0n) is 10.0.